The van der Waals surface area contributed by atoms with Gasteiger partial charge < -0.3 is 20.1 Å². The van der Waals surface area contributed by atoms with E-state index in [0.717, 1.165) is 51.9 Å². The molecule has 1 rings (SSSR count). The SMILES string of the molecule is CCN(CCOC)CCC1CCCC1(N)C(=O)OC. The Labute approximate surface area is 116 Å². The third kappa shape index (κ3) is 4.16. The van der Waals surface area contributed by atoms with Crippen molar-refractivity contribution in [3.63, 3.8) is 0 Å². The van der Waals surface area contributed by atoms with Crippen molar-refractivity contribution in [1.29, 1.82) is 0 Å². The summed E-state index contributed by atoms with van der Waals surface area (Å²) in [6.07, 6.45) is 3.73. The molecule has 1 fully saturated rings. The van der Waals surface area contributed by atoms with E-state index in [9.17, 15) is 4.79 Å². The van der Waals surface area contributed by atoms with E-state index >= 15 is 0 Å². The molecule has 0 saturated heterocycles. The number of esters is 1. The van der Waals surface area contributed by atoms with Crippen LogP contribution in [0.25, 0.3) is 0 Å². The number of methoxy groups -OCH3 is 2. The van der Waals surface area contributed by atoms with Crippen molar-refractivity contribution < 1.29 is 14.3 Å². The van der Waals surface area contributed by atoms with Crippen LogP contribution in [0.5, 0.6) is 0 Å². The van der Waals surface area contributed by atoms with E-state index in [4.69, 9.17) is 15.2 Å². The quantitative estimate of drug-likeness (QED) is 0.668. The molecule has 1 aliphatic carbocycles. The first-order valence-electron chi connectivity index (χ1n) is 7.17. The molecule has 0 radical (unpaired) electrons. The van der Waals surface area contributed by atoms with E-state index in [2.05, 4.69) is 11.8 Å². The molecule has 0 bridgehead atoms. The Kier molecular flexibility index (Phi) is 6.75. The van der Waals surface area contributed by atoms with Gasteiger partial charge in [-0.25, -0.2) is 0 Å². The van der Waals surface area contributed by atoms with Gasteiger partial charge in [0.2, 0.25) is 0 Å². The van der Waals surface area contributed by atoms with E-state index in [-0.39, 0.29) is 11.9 Å². The van der Waals surface area contributed by atoms with E-state index in [1.165, 1.54) is 7.11 Å². The number of ether oxygens (including phenoxy) is 2. The Morgan fingerprint density at radius 1 is 1.42 bits per heavy atom. The summed E-state index contributed by atoms with van der Waals surface area (Å²) < 4.78 is 9.97. The summed E-state index contributed by atoms with van der Waals surface area (Å²) in [4.78, 5) is 14.2. The van der Waals surface area contributed by atoms with Gasteiger partial charge in [0.15, 0.2) is 0 Å². The zero-order chi connectivity index (χ0) is 14.3. The van der Waals surface area contributed by atoms with E-state index in [1.54, 1.807) is 7.11 Å². The molecule has 0 amide bonds. The van der Waals surface area contributed by atoms with Crippen molar-refractivity contribution in [2.45, 2.75) is 38.1 Å². The standard InChI is InChI=1S/C14H28N2O3/c1-4-16(10-11-18-2)9-7-12-6-5-8-14(12,15)13(17)19-3/h12H,4-11,15H2,1-3H3. The van der Waals surface area contributed by atoms with Gasteiger partial charge in [-0.2, -0.15) is 0 Å². The molecule has 5 heteroatoms. The smallest absolute Gasteiger partial charge is 0.326 e. The molecule has 0 aromatic heterocycles. The number of nitrogens with two attached hydrogens (primary N) is 1. The first-order chi connectivity index (χ1) is 9.08. The van der Waals surface area contributed by atoms with Crippen molar-refractivity contribution in [2.75, 3.05) is 40.5 Å². The fraction of sp³-hybridized carbons (Fsp3) is 0.929. The van der Waals surface area contributed by atoms with Crippen LogP contribution in [-0.4, -0.2) is 56.9 Å². The highest BCUT2D eigenvalue weighted by Crippen LogP contribution is 2.37. The molecule has 112 valence electrons. The maximum Gasteiger partial charge on any atom is 0.326 e. The number of nitrogens with zero attached hydrogens (tertiary/aromatic N) is 1. The Hall–Kier alpha value is -0.650. The molecule has 19 heavy (non-hydrogen) atoms. The lowest BCUT2D eigenvalue weighted by atomic mass is 9.85. The van der Waals surface area contributed by atoms with Gasteiger partial charge in [0.1, 0.15) is 5.54 Å². The molecular weight excluding hydrogens is 244 g/mol. The fourth-order valence-corrected chi connectivity index (χ4v) is 2.95. The van der Waals surface area contributed by atoms with Crippen molar-refractivity contribution in [1.82, 2.24) is 4.90 Å². The Morgan fingerprint density at radius 3 is 2.74 bits per heavy atom. The predicted molar refractivity (Wildman–Crippen MR) is 74.9 cm³/mol. The molecule has 0 aliphatic heterocycles. The molecule has 0 aromatic rings. The largest absolute Gasteiger partial charge is 0.468 e. The zero-order valence-corrected chi connectivity index (χ0v) is 12.5. The summed E-state index contributed by atoms with van der Waals surface area (Å²) in [7, 11) is 3.14. The number of carbonyl (C=O) groups is 1. The molecule has 2 N–H and O–H groups in total. The van der Waals surface area contributed by atoms with Gasteiger partial charge in [-0.3, -0.25) is 4.79 Å². The van der Waals surface area contributed by atoms with Crippen LogP contribution in [0.2, 0.25) is 0 Å². The normalized spacial score (nSPS) is 26.9. The second-order valence-electron chi connectivity index (χ2n) is 5.34. The van der Waals surface area contributed by atoms with Crippen LogP contribution in [0.15, 0.2) is 0 Å². The highest BCUT2D eigenvalue weighted by Gasteiger charge is 2.46. The third-order valence-corrected chi connectivity index (χ3v) is 4.29. The third-order valence-electron chi connectivity index (χ3n) is 4.29. The molecule has 5 nitrogen and oxygen atoms in total. The van der Waals surface area contributed by atoms with Gasteiger partial charge in [0.05, 0.1) is 13.7 Å². The Bertz CT molecular complexity index is 286. The molecule has 1 saturated carbocycles. The summed E-state index contributed by atoms with van der Waals surface area (Å²) >= 11 is 0. The molecule has 2 unspecified atom stereocenters. The van der Waals surface area contributed by atoms with Gasteiger partial charge in [-0.1, -0.05) is 13.3 Å². The Morgan fingerprint density at radius 2 is 2.16 bits per heavy atom. The fourth-order valence-electron chi connectivity index (χ4n) is 2.95. The van der Waals surface area contributed by atoms with Crippen molar-refractivity contribution >= 4 is 5.97 Å². The second-order valence-corrected chi connectivity index (χ2v) is 5.34. The topological polar surface area (TPSA) is 64.8 Å². The zero-order valence-electron chi connectivity index (χ0n) is 12.5. The van der Waals surface area contributed by atoms with Gasteiger partial charge in [0.25, 0.3) is 0 Å². The van der Waals surface area contributed by atoms with Crippen molar-refractivity contribution in [2.24, 2.45) is 11.7 Å². The first-order valence-corrected chi connectivity index (χ1v) is 7.17. The van der Waals surface area contributed by atoms with Gasteiger partial charge in [-0.05, 0) is 38.3 Å². The number of rotatable bonds is 8. The first kappa shape index (κ1) is 16.4. The van der Waals surface area contributed by atoms with Crippen LogP contribution in [0.1, 0.15) is 32.6 Å². The second kappa shape index (κ2) is 7.82. The molecule has 0 spiro atoms. The minimum atomic E-state index is -0.768. The lowest BCUT2D eigenvalue weighted by Crippen LogP contribution is -2.52. The average molecular weight is 272 g/mol. The maximum atomic E-state index is 11.9. The van der Waals surface area contributed by atoms with E-state index < -0.39 is 5.54 Å². The summed E-state index contributed by atoms with van der Waals surface area (Å²) in [5.41, 5.74) is 5.50. The van der Waals surface area contributed by atoms with Crippen molar-refractivity contribution in [3.8, 4) is 0 Å². The van der Waals surface area contributed by atoms with Crippen molar-refractivity contribution in [3.05, 3.63) is 0 Å². The number of likely N-dealkylation sites (N-methyl/N-ethyl adjacent to an activating group) is 1. The summed E-state index contributed by atoms with van der Waals surface area (Å²) in [5.74, 6) is -0.0218. The van der Waals surface area contributed by atoms with E-state index in [1.807, 2.05) is 0 Å². The van der Waals surface area contributed by atoms with Crippen LogP contribution in [0.4, 0.5) is 0 Å². The van der Waals surface area contributed by atoms with Gasteiger partial charge in [0, 0.05) is 13.7 Å². The highest BCUT2D eigenvalue weighted by molar-refractivity contribution is 5.81. The summed E-state index contributed by atoms with van der Waals surface area (Å²) in [6, 6.07) is 0. The predicted octanol–water partition coefficient (Wildman–Crippen LogP) is 1.02. The van der Waals surface area contributed by atoms with Crippen LogP contribution in [-0.2, 0) is 14.3 Å². The molecular formula is C14H28N2O3. The molecule has 1 aliphatic rings. The molecule has 2 atom stereocenters. The lowest BCUT2D eigenvalue weighted by Gasteiger charge is -2.30. The number of hydrogen-bond donors (Lipinski definition) is 1. The summed E-state index contributed by atoms with van der Waals surface area (Å²) in [6.45, 7) is 5.76. The van der Waals surface area contributed by atoms with Crippen LogP contribution in [0, 0.1) is 5.92 Å². The highest BCUT2D eigenvalue weighted by atomic mass is 16.5. The van der Waals surface area contributed by atoms with Crippen LogP contribution >= 0.6 is 0 Å². The lowest BCUT2D eigenvalue weighted by molar-refractivity contribution is -0.148. The summed E-state index contributed by atoms with van der Waals surface area (Å²) in [5, 5.41) is 0. The van der Waals surface area contributed by atoms with Crippen LogP contribution < -0.4 is 5.73 Å². The number of carbonyl (C=O) groups excluding carboxylic acids is 1. The van der Waals surface area contributed by atoms with Gasteiger partial charge >= 0.3 is 5.97 Å². The van der Waals surface area contributed by atoms with Gasteiger partial charge in [-0.15, -0.1) is 0 Å². The van der Waals surface area contributed by atoms with E-state index in [0.29, 0.717) is 0 Å². The molecule has 0 aromatic carbocycles. The van der Waals surface area contributed by atoms with Crippen LogP contribution in [0.3, 0.4) is 0 Å². The monoisotopic (exact) mass is 272 g/mol. The maximum absolute atomic E-state index is 11.9. The average Bonchev–Trinajstić information content (AvgIpc) is 2.80. The Balaban J connectivity index is 2.48. The minimum Gasteiger partial charge on any atom is -0.468 e. The minimum absolute atomic E-state index is 0.233. The number of hydrogen-bond acceptors (Lipinski definition) is 5. The molecule has 0 heterocycles.